The van der Waals surface area contributed by atoms with Gasteiger partial charge < -0.3 is 10.1 Å². The molecule has 1 aliphatic rings. The molecule has 2 aromatic heterocycles. The molecule has 0 bridgehead atoms. The Hall–Kier alpha value is -1.92. The molecule has 0 aromatic carbocycles. The number of carbonyl (C=O) groups is 1. The summed E-state index contributed by atoms with van der Waals surface area (Å²) in [6.45, 7) is 6.59. The molecule has 0 saturated carbocycles. The Morgan fingerprint density at radius 3 is 3.12 bits per heavy atom. The van der Waals surface area contributed by atoms with Gasteiger partial charge in [-0.15, -0.1) is 11.3 Å². The largest absolute Gasteiger partial charge is 0.481 e. The van der Waals surface area contributed by atoms with E-state index in [4.69, 9.17) is 4.74 Å². The predicted molar refractivity (Wildman–Crippen MR) is 101 cm³/mol. The number of aromatic nitrogens is 1. The van der Waals surface area contributed by atoms with Crippen LogP contribution >= 0.6 is 11.3 Å². The van der Waals surface area contributed by atoms with Crippen LogP contribution in [0.1, 0.15) is 31.6 Å². The fourth-order valence-electron chi connectivity index (χ4n) is 3.60. The van der Waals surface area contributed by atoms with E-state index < -0.39 is 0 Å². The van der Waals surface area contributed by atoms with Crippen LogP contribution in [0.15, 0.2) is 29.8 Å². The number of piperidine rings is 1. The van der Waals surface area contributed by atoms with E-state index >= 15 is 0 Å². The van der Waals surface area contributed by atoms with Gasteiger partial charge in [0.05, 0.1) is 7.11 Å². The first kappa shape index (κ1) is 17.9. The molecule has 3 rings (SSSR count). The predicted octanol–water partition coefficient (Wildman–Crippen LogP) is 3.31. The highest BCUT2D eigenvalue weighted by molar-refractivity contribution is 7.10. The Morgan fingerprint density at radius 2 is 2.36 bits per heavy atom. The number of methoxy groups -OCH3 is 1. The van der Waals surface area contributed by atoms with Gasteiger partial charge in [-0.3, -0.25) is 9.69 Å². The summed E-state index contributed by atoms with van der Waals surface area (Å²) >= 11 is 1.76. The van der Waals surface area contributed by atoms with Gasteiger partial charge in [0.1, 0.15) is 0 Å². The molecule has 0 aliphatic carbocycles. The number of carbonyl (C=O) groups excluding carboxylic acids is 1. The molecule has 1 amide bonds. The number of pyridine rings is 1. The van der Waals surface area contributed by atoms with Crippen molar-refractivity contribution in [3.8, 4) is 17.0 Å². The molecule has 1 unspecified atom stereocenters. The van der Waals surface area contributed by atoms with Gasteiger partial charge in [-0.1, -0.05) is 0 Å². The highest BCUT2D eigenvalue weighted by Crippen LogP contribution is 2.32. The summed E-state index contributed by atoms with van der Waals surface area (Å²) in [6.07, 6.45) is 3.88. The van der Waals surface area contributed by atoms with Crippen LogP contribution in [-0.4, -0.2) is 41.5 Å². The molecule has 0 spiro atoms. The van der Waals surface area contributed by atoms with Crippen LogP contribution in [-0.2, 0) is 11.3 Å². The SMILES string of the molecule is COc1ncccc1-c1csc(CN2CCCC(C)(NC(C)=O)C2)c1. The molecule has 2 aromatic rings. The van der Waals surface area contributed by atoms with Crippen molar-refractivity contribution in [1.29, 1.82) is 0 Å². The van der Waals surface area contributed by atoms with Crippen LogP contribution in [0, 0.1) is 0 Å². The van der Waals surface area contributed by atoms with Crippen molar-refractivity contribution in [1.82, 2.24) is 15.2 Å². The Bertz CT molecular complexity index is 746. The maximum Gasteiger partial charge on any atom is 0.221 e. The molecule has 5 nitrogen and oxygen atoms in total. The number of thiophene rings is 1. The summed E-state index contributed by atoms with van der Waals surface area (Å²) in [5.74, 6) is 0.703. The van der Waals surface area contributed by atoms with E-state index in [2.05, 4.69) is 33.6 Å². The van der Waals surface area contributed by atoms with Gasteiger partial charge >= 0.3 is 0 Å². The lowest BCUT2D eigenvalue weighted by molar-refractivity contribution is -0.121. The van der Waals surface area contributed by atoms with Crippen molar-refractivity contribution in [3.63, 3.8) is 0 Å². The van der Waals surface area contributed by atoms with Crippen molar-refractivity contribution in [2.75, 3.05) is 20.2 Å². The average molecular weight is 359 g/mol. The fourth-order valence-corrected chi connectivity index (χ4v) is 4.53. The maximum absolute atomic E-state index is 11.5. The highest BCUT2D eigenvalue weighted by atomic mass is 32.1. The van der Waals surface area contributed by atoms with E-state index in [1.807, 2.05) is 12.1 Å². The second-order valence-corrected chi connectivity index (χ2v) is 7.91. The molecule has 1 fully saturated rings. The van der Waals surface area contributed by atoms with Crippen LogP contribution in [0.2, 0.25) is 0 Å². The van der Waals surface area contributed by atoms with Crippen molar-refractivity contribution in [2.45, 2.75) is 38.8 Å². The Morgan fingerprint density at radius 1 is 1.52 bits per heavy atom. The molecule has 1 atom stereocenters. The van der Waals surface area contributed by atoms with Crippen LogP contribution in [0.3, 0.4) is 0 Å². The lowest BCUT2D eigenvalue weighted by Crippen LogP contribution is -2.56. The number of nitrogens with one attached hydrogen (secondary N) is 1. The number of nitrogens with zero attached hydrogens (tertiary/aromatic N) is 2. The van der Waals surface area contributed by atoms with Gasteiger partial charge in [0, 0.05) is 42.2 Å². The van der Waals surface area contributed by atoms with Gasteiger partial charge in [-0.25, -0.2) is 4.98 Å². The Balaban J connectivity index is 1.70. The molecular weight excluding hydrogens is 334 g/mol. The van der Waals surface area contributed by atoms with E-state index in [0.29, 0.717) is 5.88 Å². The third kappa shape index (κ3) is 4.38. The molecular formula is C19H25N3O2S. The molecule has 134 valence electrons. The summed E-state index contributed by atoms with van der Waals surface area (Å²) in [5, 5.41) is 5.28. The zero-order valence-corrected chi connectivity index (χ0v) is 15.9. The lowest BCUT2D eigenvalue weighted by Gasteiger charge is -2.40. The summed E-state index contributed by atoms with van der Waals surface area (Å²) < 4.78 is 5.37. The van der Waals surface area contributed by atoms with Gasteiger partial charge in [0.2, 0.25) is 11.8 Å². The smallest absolute Gasteiger partial charge is 0.221 e. The van der Waals surface area contributed by atoms with Crippen molar-refractivity contribution < 1.29 is 9.53 Å². The lowest BCUT2D eigenvalue weighted by atomic mass is 9.91. The Kier molecular flexibility index (Phi) is 5.39. The number of hydrogen-bond acceptors (Lipinski definition) is 5. The average Bonchev–Trinajstić information content (AvgIpc) is 3.02. The molecule has 3 heterocycles. The monoisotopic (exact) mass is 359 g/mol. The normalized spacial score (nSPS) is 21.1. The van der Waals surface area contributed by atoms with E-state index in [9.17, 15) is 4.79 Å². The first-order valence-electron chi connectivity index (χ1n) is 8.57. The second-order valence-electron chi connectivity index (χ2n) is 6.92. The fraction of sp³-hybridized carbons (Fsp3) is 0.474. The minimum atomic E-state index is -0.128. The van der Waals surface area contributed by atoms with Crippen molar-refractivity contribution in [3.05, 3.63) is 34.7 Å². The summed E-state index contributed by atoms with van der Waals surface area (Å²) in [4.78, 5) is 19.5. The number of ether oxygens (including phenoxy) is 1. The molecule has 0 radical (unpaired) electrons. The summed E-state index contributed by atoms with van der Waals surface area (Å²) in [6, 6.07) is 6.18. The molecule has 1 aliphatic heterocycles. The zero-order valence-electron chi connectivity index (χ0n) is 15.0. The maximum atomic E-state index is 11.5. The van der Waals surface area contributed by atoms with E-state index in [1.54, 1.807) is 31.6 Å². The van der Waals surface area contributed by atoms with Crippen LogP contribution in [0.4, 0.5) is 0 Å². The first-order valence-corrected chi connectivity index (χ1v) is 9.45. The van der Waals surface area contributed by atoms with E-state index in [0.717, 1.165) is 43.6 Å². The van der Waals surface area contributed by atoms with Gasteiger partial charge in [-0.2, -0.15) is 0 Å². The number of amides is 1. The van der Waals surface area contributed by atoms with Gasteiger partial charge in [0.25, 0.3) is 0 Å². The highest BCUT2D eigenvalue weighted by Gasteiger charge is 2.31. The third-order valence-corrected chi connectivity index (χ3v) is 5.48. The quantitative estimate of drug-likeness (QED) is 0.890. The van der Waals surface area contributed by atoms with Gasteiger partial charge in [0.15, 0.2) is 0 Å². The van der Waals surface area contributed by atoms with E-state index in [1.165, 1.54) is 4.88 Å². The van der Waals surface area contributed by atoms with Crippen molar-refractivity contribution >= 4 is 17.2 Å². The molecule has 6 heteroatoms. The minimum Gasteiger partial charge on any atom is -0.481 e. The topological polar surface area (TPSA) is 54.5 Å². The molecule has 1 N–H and O–H groups in total. The van der Waals surface area contributed by atoms with E-state index in [-0.39, 0.29) is 11.4 Å². The number of hydrogen-bond donors (Lipinski definition) is 1. The van der Waals surface area contributed by atoms with Crippen LogP contribution in [0.5, 0.6) is 5.88 Å². The number of rotatable bonds is 5. The van der Waals surface area contributed by atoms with Gasteiger partial charge in [-0.05, 0) is 55.5 Å². The summed E-state index contributed by atoms with van der Waals surface area (Å²) in [5.41, 5.74) is 2.04. The standard InChI is InChI=1S/C19H25N3O2S/c1-14(23)21-19(2)7-5-9-22(13-19)11-16-10-15(12-25-16)17-6-4-8-20-18(17)24-3/h4,6,8,10,12H,5,7,9,11,13H2,1-3H3,(H,21,23). The van der Waals surface area contributed by atoms with Crippen LogP contribution < -0.4 is 10.1 Å². The zero-order chi connectivity index (χ0) is 17.9. The van der Waals surface area contributed by atoms with Crippen LogP contribution in [0.25, 0.3) is 11.1 Å². The Labute approximate surface area is 153 Å². The second kappa shape index (κ2) is 7.54. The first-order chi connectivity index (χ1) is 12.0. The minimum absolute atomic E-state index is 0.0476. The third-order valence-electron chi connectivity index (χ3n) is 4.56. The molecule has 1 saturated heterocycles. The van der Waals surface area contributed by atoms with Crippen molar-refractivity contribution in [2.24, 2.45) is 0 Å². The summed E-state index contributed by atoms with van der Waals surface area (Å²) in [7, 11) is 1.65. The number of likely N-dealkylation sites (tertiary alicyclic amines) is 1. The molecule has 25 heavy (non-hydrogen) atoms.